The Morgan fingerprint density at radius 2 is 2.28 bits per heavy atom. The molecule has 100 valence electrons. The minimum atomic E-state index is -3.67. The van der Waals surface area contributed by atoms with Gasteiger partial charge in [-0.1, -0.05) is 0 Å². The summed E-state index contributed by atoms with van der Waals surface area (Å²) in [5.41, 5.74) is 0. The van der Waals surface area contributed by atoms with Crippen molar-refractivity contribution in [2.24, 2.45) is 0 Å². The van der Waals surface area contributed by atoms with Crippen LogP contribution in [0, 0.1) is 0 Å². The molecule has 1 amide bonds. The standard InChI is InChI=1S/C10H16N4O3S/c1-2-13-7-10(12-8-13)18(16,17)14-5-3-4-11-9(15)6-14/h7-8H,2-6H2,1H3,(H,11,15). The molecule has 8 heteroatoms. The third-order valence-corrected chi connectivity index (χ3v) is 4.54. The van der Waals surface area contributed by atoms with Crippen molar-refractivity contribution >= 4 is 15.9 Å². The molecule has 0 atom stereocenters. The molecule has 2 rings (SSSR count). The zero-order valence-electron chi connectivity index (χ0n) is 10.2. The summed E-state index contributed by atoms with van der Waals surface area (Å²) in [5.74, 6) is -0.272. The highest BCUT2D eigenvalue weighted by Gasteiger charge is 2.29. The third kappa shape index (κ3) is 2.54. The van der Waals surface area contributed by atoms with Crippen LogP contribution < -0.4 is 5.32 Å². The first-order valence-corrected chi connectivity index (χ1v) is 7.26. The van der Waals surface area contributed by atoms with Gasteiger partial charge >= 0.3 is 0 Å². The predicted molar refractivity (Wildman–Crippen MR) is 64.3 cm³/mol. The zero-order valence-corrected chi connectivity index (χ0v) is 11.0. The summed E-state index contributed by atoms with van der Waals surface area (Å²) in [4.78, 5) is 15.3. The second-order valence-corrected chi connectivity index (χ2v) is 5.97. The van der Waals surface area contributed by atoms with Gasteiger partial charge in [0.2, 0.25) is 5.91 Å². The summed E-state index contributed by atoms with van der Waals surface area (Å²) < 4.78 is 27.4. The van der Waals surface area contributed by atoms with Gasteiger partial charge in [-0.05, 0) is 13.3 Å². The lowest BCUT2D eigenvalue weighted by Gasteiger charge is -2.16. The van der Waals surface area contributed by atoms with E-state index < -0.39 is 10.0 Å². The molecule has 0 saturated carbocycles. The van der Waals surface area contributed by atoms with Crippen LogP contribution in [0.2, 0.25) is 0 Å². The van der Waals surface area contributed by atoms with Crippen molar-refractivity contribution in [2.45, 2.75) is 24.9 Å². The Morgan fingerprint density at radius 1 is 1.50 bits per heavy atom. The molecule has 1 aliphatic rings. The van der Waals surface area contributed by atoms with Crippen LogP contribution in [0.5, 0.6) is 0 Å². The van der Waals surface area contributed by atoms with Gasteiger partial charge in [0, 0.05) is 25.8 Å². The van der Waals surface area contributed by atoms with Crippen LogP contribution in [-0.2, 0) is 21.4 Å². The fourth-order valence-corrected chi connectivity index (χ4v) is 3.13. The van der Waals surface area contributed by atoms with Crippen LogP contribution >= 0.6 is 0 Å². The number of carbonyl (C=O) groups excluding carboxylic acids is 1. The minimum Gasteiger partial charge on any atom is -0.355 e. The summed E-state index contributed by atoms with van der Waals surface area (Å²) in [5, 5.41) is 2.64. The van der Waals surface area contributed by atoms with Crippen molar-refractivity contribution < 1.29 is 13.2 Å². The van der Waals surface area contributed by atoms with Gasteiger partial charge < -0.3 is 9.88 Å². The lowest BCUT2D eigenvalue weighted by atomic mass is 10.4. The van der Waals surface area contributed by atoms with Crippen LogP contribution in [0.4, 0.5) is 0 Å². The van der Waals surface area contributed by atoms with Crippen molar-refractivity contribution in [3.8, 4) is 0 Å². The smallest absolute Gasteiger partial charge is 0.262 e. The molecule has 1 aliphatic heterocycles. The molecule has 0 aromatic carbocycles. The number of sulfonamides is 1. The first-order valence-electron chi connectivity index (χ1n) is 5.82. The quantitative estimate of drug-likeness (QED) is 0.797. The van der Waals surface area contributed by atoms with Gasteiger partial charge in [0.25, 0.3) is 10.0 Å². The molecule has 0 bridgehead atoms. The van der Waals surface area contributed by atoms with E-state index in [0.717, 1.165) is 0 Å². The molecule has 1 N–H and O–H groups in total. The molecule has 1 saturated heterocycles. The van der Waals surface area contributed by atoms with E-state index in [0.29, 0.717) is 26.1 Å². The Balaban J connectivity index is 2.26. The highest BCUT2D eigenvalue weighted by Crippen LogP contribution is 2.14. The molecule has 1 aromatic heterocycles. The number of aromatic nitrogens is 2. The molecule has 0 spiro atoms. The highest BCUT2D eigenvalue weighted by atomic mass is 32.2. The number of nitrogens with one attached hydrogen (secondary N) is 1. The van der Waals surface area contributed by atoms with E-state index >= 15 is 0 Å². The molecule has 2 heterocycles. The first-order chi connectivity index (χ1) is 8.54. The van der Waals surface area contributed by atoms with E-state index in [1.54, 1.807) is 4.57 Å². The van der Waals surface area contributed by atoms with Crippen molar-refractivity contribution in [3.05, 3.63) is 12.5 Å². The van der Waals surface area contributed by atoms with E-state index in [2.05, 4.69) is 10.3 Å². The van der Waals surface area contributed by atoms with Crippen molar-refractivity contribution in [1.82, 2.24) is 19.2 Å². The Kier molecular flexibility index (Phi) is 3.67. The number of aryl methyl sites for hydroxylation is 1. The highest BCUT2D eigenvalue weighted by molar-refractivity contribution is 7.89. The summed E-state index contributed by atoms with van der Waals surface area (Å²) >= 11 is 0. The van der Waals surface area contributed by atoms with Gasteiger partial charge in [0.15, 0.2) is 5.03 Å². The Hall–Kier alpha value is -1.41. The number of hydrogen-bond donors (Lipinski definition) is 1. The predicted octanol–water partition coefficient (Wildman–Crippen LogP) is -0.586. The lowest BCUT2D eigenvalue weighted by Crippen LogP contribution is -2.37. The van der Waals surface area contributed by atoms with Crippen LogP contribution in [0.1, 0.15) is 13.3 Å². The van der Waals surface area contributed by atoms with E-state index in [1.165, 1.54) is 16.8 Å². The van der Waals surface area contributed by atoms with Gasteiger partial charge in [-0.25, -0.2) is 13.4 Å². The number of imidazole rings is 1. The second kappa shape index (κ2) is 5.07. The molecule has 0 radical (unpaired) electrons. The van der Waals surface area contributed by atoms with Gasteiger partial charge in [0.05, 0.1) is 12.9 Å². The summed E-state index contributed by atoms with van der Waals surface area (Å²) in [7, 11) is -3.67. The molecule has 0 aliphatic carbocycles. The maximum atomic E-state index is 12.3. The van der Waals surface area contributed by atoms with E-state index in [9.17, 15) is 13.2 Å². The van der Waals surface area contributed by atoms with Crippen LogP contribution in [-0.4, -0.2) is 47.8 Å². The monoisotopic (exact) mass is 272 g/mol. The normalized spacial score (nSPS) is 18.4. The van der Waals surface area contributed by atoms with Crippen molar-refractivity contribution in [1.29, 1.82) is 0 Å². The Morgan fingerprint density at radius 3 is 2.94 bits per heavy atom. The van der Waals surface area contributed by atoms with Crippen LogP contribution in [0.15, 0.2) is 17.6 Å². The SMILES string of the molecule is CCn1cnc(S(=O)(=O)N2CCCNC(=O)C2)c1. The number of rotatable bonds is 3. The summed E-state index contributed by atoms with van der Waals surface area (Å²) in [6.45, 7) is 3.26. The lowest BCUT2D eigenvalue weighted by molar-refractivity contribution is -0.120. The van der Waals surface area contributed by atoms with Crippen LogP contribution in [0.25, 0.3) is 0 Å². The van der Waals surface area contributed by atoms with Crippen molar-refractivity contribution in [3.63, 3.8) is 0 Å². The van der Waals surface area contributed by atoms with Gasteiger partial charge in [-0.3, -0.25) is 4.79 Å². The Labute approximate surface area is 106 Å². The second-order valence-electron chi connectivity index (χ2n) is 4.08. The van der Waals surface area contributed by atoms with Gasteiger partial charge in [-0.15, -0.1) is 0 Å². The molecular weight excluding hydrogens is 256 g/mol. The fraction of sp³-hybridized carbons (Fsp3) is 0.600. The maximum absolute atomic E-state index is 12.3. The zero-order chi connectivity index (χ0) is 13.2. The molecule has 7 nitrogen and oxygen atoms in total. The molecular formula is C10H16N4O3S. The number of carbonyl (C=O) groups is 1. The summed E-state index contributed by atoms with van der Waals surface area (Å²) in [6, 6.07) is 0. The number of amides is 1. The largest absolute Gasteiger partial charge is 0.355 e. The van der Waals surface area contributed by atoms with Crippen LogP contribution in [0.3, 0.4) is 0 Å². The number of hydrogen-bond acceptors (Lipinski definition) is 4. The van der Waals surface area contributed by atoms with Gasteiger partial charge in [-0.2, -0.15) is 4.31 Å². The van der Waals surface area contributed by atoms with Gasteiger partial charge in [0.1, 0.15) is 0 Å². The minimum absolute atomic E-state index is 0.000880. The average molecular weight is 272 g/mol. The molecule has 18 heavy (non-hydrogen) atoms. The fourth-order valence-electron chi connectivity index (χ4n) is 1.76. The van der Waals surface area contributed by atoms with E-state index in [4.69, 9.17) is 0 Å². The maximum Gasteiger partial charge on any atom is 0.262 e. The third-order valence-electron chi connectivity index (χ3n) is 2.81. The topological polar surface area (TPSA) is 84.3 Å². The molecule has 1 aromatic rings. The van der Waals surface area contributed by atoms with E-state index in [-0.39, 0.29) is 17.5 Å². The van der Waals surface area contributed by atoms with E-state index in [1.807, 2.05) is 6.92 Å². The number of nitrogens with zero attached hydrogens (tertiary/aromatic N) is 3. The molecule has 1 fully saturated rings. The van der Waals surface area contributed by atoms with Crippen molar-refractivity contribution in [2.75, 3.05) is 19.6 Å². The average Bonchev–Trinajstić information content (AvgIpc) is 2.72. The summed E-state index contributed by atoms with van der Waals surface area (Å²) in [6.07, 6.45) is 3.57. The Bertz CT molecular complexity index is 537. The first kappa shape index (κ1) is 13.0. The molecule has 0 unspecified atom stereocenters.